The molecule has 0 aromatic rings. The van der Waals surface area contributed by atoms with Crippen molar-refractivity contribution >= 4 is 6.09 Å². The van der Waals surface area contributed by atoms with Crippen LogP contribution in [0, 0.1) is 0 Å². The van der Waals surface area contributed by atoms with Gasteiger partial charge in [-0.1, -0.05) is 0 Å². The lowest BCUT2D eigenvalue weighted by Crippen LogP contribution is -2.27. The van der Waals surface area contributed by atoms with Crippen LogP contribution < -0.4 is 11.1 Å². The van der Waals surface area contributed by atoms with Gasteiger partial charge in [0.15, 0.2) is 0 Å². The molecule has 0 saturated heterocycles. The van der Waals surface area contributed by atoms with E-state index in [1.54, 1.807) is 0 Å². The number of hydrogen-bond donors (Lipinski definition) is 3. The highest BCUT2D eigenvalue weighted by Gasteiger charge is 1.93. The Hall–Kier alpha value is -0.810. The minimum absolute atomic E-state index is 0.175. The SMILES string of the molecule is NCOC(=O)NCO. The van der Waals surface area contributed by atoms with E-state index in [0.29, 0.717) is 0 Å². The van der Waals surface area contributed by atoms with Crippen LogP contribution >= 0.6 is 0 Å². The Bertz CT molecular complexity index is 66.9. The summed E-state index contributed by atoms with van der Waals surface area (Å²) in [4.78, 5) is 10.1. The number of aliphatic hydroxyl groups excluding tert-OH is 1. The maximum absolute atomic E-state index is 10.1. The maximum atomic E-state index is 10.1. The summed E-state index contributed by atoms with van der Waals surface area (Å²) in [5, 5.41) is 9.97. The summed E-state index contributed by atoms with van der Waals surface area (Å²) in [6.07, 6.45) is -0.713. The van der Waals surface area contributed by atoms with Gasteiger partial charge in [0.1, 0.15) is 13.5 Å². The largest absolute Gasteiger partial charge is 0.434 e. The van der Waals surface area contributed by atoms with Crippen molar-refractivity contribution in [2.45, 2.75) is 0 Å². The van der Waals surface area contributed by atoms with Crippen LogP contribution in [0.1, 0.15) is 0 Å². The number of nitrogens with two attached hydrogens (primary N) is 1. The second-order valence-corrected chi connectivity index (χ2v) is 0.933. The highest BCUT2D eigenvalue weighted by Crippen LogP contribution is 1.68. The van der Waals surface area contributed by atoms with E-state index in [1.807, 2.05) is 5.32 Å². The molecule has 8 heavy (non-hydrogen) atoms. The highest BCUT2D eigenvalue weighted by molar-refractivity contribution is 5.66. The van der Waals surface area contributed by atoms with Crippen molar-refractivity contribution in [3.63, 3.8) is 0 Å². The van der Waals surface area contributed by atoms with Gasteiger partial charge in [0.2, 0.25) is 0 Å². The van der Waals surface area contributed by atoms with Crippen LogP contribution in [0.3, 0.4) is 0 Å². The average Bonchev–Trinajstić information content (AvgIpc) is 1.68. The summed E-state index contributed by atoms with van der Waals surface area (Å²) >= 11 is 0. The summed E-state index contributed by atoms with van der Waals surface area (Å²) in [5.41, 5.74) is 4.80. The summed E-state index contributed by atoms with van der Waals surface area (Å²) < 4.78 is 4.15. The molecule has 0 spiro atoms. The second-order valence-electron chi connectivity index (χ2n) is 0.933. The van der Waals surface area contributed by atoms with E-state index in [9.17, 15) is 4.79 Å². The third-order valence-corrected chi connectivity index (χ3v) is 0.438. The first-order chi connectivity index (χ1) is 3.81. The number of amides is 1. The molecular formula is C3H8N2O3. The van der Waals surface area contributed by atoms with Crippen molar-refractivity contribution in [1.82, 2.24) is 5.32 Å². The molecule has 1 amide bonds. The molecule has 0 rings (SSSR count). The zero-order chi connectivity index (χ0) is 6.41. The van der Waals surface area contributed by atoms with Crippen LogP contribution in [-0.4, -0.2) is 24.7 Å². The van der Waals surface area contributed by atoms with Gasteiger partial charge >= 0.3 is 6.09 Å². The molecule has 0 bridgehead atoms. The standard InChI is InChI=1S/C3H8N2O3/c4-1-8-3(7)5-2-6/h6H,1-2,4H2,(H,5,7). The lowest BCUT2D eigenvalue weighted by Gasteiger charge is -1.98. The highest BCUT2D eigenvalue weighted by atomic mass is 16.6. The number of rotatable bonds is 2. The molecule has 0 heterocycles. The van der Waals surface area contributed by atoms with Gasteiger partial charge in [-0.3, -0.25) is 11.1 Å². The Morgan fingerprint density at radius 3 is 2.88 bits per heavy atom. The van der Waals surface area contributed by atoms with Gasteiger partial charge < -0.3 is 9.84 Å². The van der Waals surface area contributed by atoms with Crippen molar-refractivity contribution in [3.8, 4) is 0 Å². The van der Waals surface area contributed by atoms with Gasteiger partial charge in [-0.15, -0.1) is 0 Å². The minimum atomic E-state index is -0.713. The summed E-state index contributed by atoms with van der Waals surface area (Å²) in [6, 6.07) is 0. The number of carbonyl (C=O) groups excluding carboxylic acids is 1. The van der Waals surface area contributed by atoms with Crippen LogP contribution in [0.25, 0.3) is 0 Å². The van der Waals surface area contributed by atoms with Crippen molar-refractivity contribution in [2.24, 2.45) is 5.73 Å². The second kappa shape index (κ2) is 4.35. The summed E-state index contributed by atoms with van der Waals surface area (Å²) in [7, 11) is 0. The lowest BCUT2D eigenvalue weighted by atomic mass is 11.0. The van der Waals surface area contributed by atoms with Crippen LogP contribution in [0.5, 0.6) is 0 Å². The number of alkyl carbamates (subject to hydrolysis) is 1. The van der Waals surface area contributed by atoms with Crippen molar-refractivity contribution in [3.05, 3.63) is 0 Å². The molecule has 5 heteroatoms. The molecule has 5 nitrogen and oxygen atoms in total. The number of nitrogens with one attached hydrogen (secondary N) is 1. The van der Waals surface area contributed by atoms with E-state index >= 15 is 0 Å². The van der Waals surface area contributed by atoms with Gasteiger partial charge in [0, 0.05) is 0 Å². The van der Waals surface area contributed by atoms with E-state index < -0.39 is 12.8 Å². The molecule has 0 aliphatic carbocycles. The van der Waals surface area contributed by atoms with Crippen LogP contribution in [0.4, 0.5) is 4.79 Å². The molecule has 0 radical (unpaired) electrons. The average molecular weight is 120 g/mol. The monoisotopic (exact) mass is 120 g/mol. The van der Waals surface area contributed by atoms with E-state index in [0.717, 1.165) is 0 Å². The Morgan fingerprint density at radius 1 is 1.88 bits per heavy atom. The molecule has 0 aliphatic heterocycles. The molecule has 0 saturated carbocycles. The zero-order valence-electron chi connectivity index (χ0n) is 4.26. The molecule has 0 aliphatic rings. The van der Waals surface area contributed by atoms with Gasteiger partial charge in [-0.25, -0.2) is 4.79 Å². The summed E-state index contributed by atoms with van der Waals surface area (Å²) in [5.74, 6) is 0. The third kappa shape index (κ3) is 3.38. The number of aliphatic hydroxyl groups is 1. The van der Waals surface area contributed by atoms with Crippen molar-refractivity contribution in [2.75, 3.05) is 13.5 Å². The van der Waals surface area contributed by atoms with Gasteiger partial charge in [-0.2, -0.15) is 0 Å². The number of hydrogen-bond acceptors (Lipinski definition) is 4. The first-order valence-electron chi connectivity index (χ1n) is 2.02. The fourth-order valence-corrected chi connectivity index (χ4v) is 0.191. The number of ether oxygens (including phenoxy) is 1. The fraction of sp³-hybridized carbons (Fsp3) is 0.667. The van der Waals surface area contributed by atoms with Crippen molar-refractivity contribution < 1.29 is 14.6 Å². The number of carbonyl (C=O) groups is 1. The smallest absolute Gasteiger partial charge is 0.410 e. The quantitative estimate of drug-likeness (QED) is 0.390. The van der Waals surface area contributed by atoms with E-state index in [-0.39, 0.29) is 6.73 Å². The Morgan fingerprint density at radius 2 is 2.50 bits per heavy atom. The molecule has 0 aromatic heterocycles. The Kier molecular flexibility index (Phi) is 3.91. The molecule has 0 aromatic carbocycles. The maximum Gasteiger partial charge on any atom is 0.410 e. The third-order valence-electron chi connectivity index (χ3n) is 0.438. The molecule has 48 valence electrons. The predicted octanol–water partition coefficient (Wildman–Crippen LogP) is -1.42. The first kappa shape index (κ1) is 7.19. The molecule has 0 atom stereocenters. The Balaban J connectivity index is 3.06. The van der Waals surface area contributed by atoms with E-state index in [4.69, 9.17) is 10.8 Å². The van der Waals surface area contributed by atoms with Crippen LogP contribution in [0.15, 0.2) is 0 Å². The van der Waals surface area contributed by atoms with E-state index in [1.165, 1.54) is 0 Å². The minimum Gasteiger partial charge on any atom is -0.434 e. The molecule has 0 unspecified atom stereocenters. The predicted molar refractivity (Wildman–Crippen MR) is 25.8 cm³/mol. The first-order valence-corrected chi connectivity index (χ1v) is 2.02. The molecule has 0 fully saturated rings. The van der Waals surface area contributed by atoms with Crippen molar-refractivity contribution in [1.29, 1.82) is 0 Å². The van der Waals surface area contributed by atoms with Gasteiger partial charge in [0.25, 0.3) is 0 Å². The Labute approximate surface area is 46.4 Å². The normalized spacial score (nSPS) is 8.25. The fourth-order valence-electron chi connectivity index (χ4n) is 0.191. The molecular weight excluding hydrogens is 112 g/mol. The molecule has 4 N–H and O–H groups in total. The summed E-state index contributed by atoms with van der Waals surface area (Å²) in [6.45, 7) is -0.606. The van der Waals surface area contributed by atoms with Gasteiger partial charge in [-0.05, 0) is 0 Å². The van der Waals surface area contributed by atoms with Crippen LogP contribution in [-0.2, 0) is 4.74 Å². The lowest BCUT2D eigenvalue weighted by molar-refractivity contribution is 0.136. The topological polar surface area (TPSA) is 84.6 Å². The van der Waals surface area contributed by atoms with Crippen LogP contribution in [0.2, 0.25) is 0 Å². The zero-order valence-corrected chi connectivity index (χ0v) is 4.26. The van der Waals surface area contributed by atoms with Gasteiger partial charge in [0.05, 0.1) is 0 Å². The van der Waals surface area contributed by atoms with E-state index in [2.05, 4.69) is 4.74 Å².